The minimum atomic E-state index is -0.736. The zero-order chi connectivity index (χ0) is 31.5. The van der Waals surface area contributed by atoms with Gasteiger partial charge in [-0.2, -0.15) is 5.26 Å². The van der Waals surface area contributed by atoms with Gasteiger partial charge in [-0.05, 0) is 51.4 Å². The van der Waals surface area contributed by atoms with Crippen LogP contribution in [0.4, 0.5) is 0 Å². The van der Waals surface area contributed by atoms with Crippen molar-refractivity contribution in [3.05, 3.63) is 0 Å². The first kappa shape index (κ1) is 38.4. The van der Waals surface area contributed by atoms with Gasteiger partial charge >= 0.3 is 0 Å². The van der Waals surface area contributed by atoms with Crippen LogP contribution in [0.1, 0.15) is 142 Å². The summed E-state index contributed by atoms with van der Waals surface area (Å²) in [5.74, 6) is 0.0167. The molecule has 5 N–H and O–H groups in total. The average molecular weight is 605 g/mol. The van der Waals surface area contributed by atoms with Gasteiger partial charge in [0.2, 0.25) is 23.6 Å². The number of hydrogen-bond acceptors (Lipinski definition) is 6. The maximum absolute atomic E-state index is 12.4. The van der Waals surface area contributed by atoms with Crippen molar-refractivity contribution < 1.29 is 19.2 Å². The molecule has 0 radical (unpaired) electrons. The van der Waals surface area contributed by atoms with E-state index < -0.39 is 6.04 Å². The maximum Gasteiger partial charge on any atom is 0.240 e. The second-order valence-corrected chi connectivity index (χ2v) is 12.0. The largest absolute Gasteiger partial charge is 0.356 e. The summed E-state index contributed by atoms with van der Waals surface area (Å²) >= 11 is 0. The molecular weight excluding hydrogens is 544 g/mol. The van der Waals surface area contributed by atoms with Crippen LogP contribution in [-0.4, -0.2) is 66.8 Å². The number of carbonyl (C=O) groups excluding carboxylic acids is 4. The summed E-state index contributed by atoms with van der Waals surface area (Å²) in [6.07, 6.45) is 19.4. The molecule has 0 aliphatic carbocycles. The number of unbranched alkanes of at least 4 members (excludes halogenated alkanes) is 12. The predicted molar refractivity (Wildman–Crippen MR) is 171 cm³/mol. The van der Waals surface area contributed by atoms with E-state index in [2.05, 4.69) is 28.9 Å². The van der Waals surface area contributed by atoms with Crippen molar-refractivity contribution in [1.82, 2.24) is 20.9 Å². The van der Waals surface area contributed by atoms with Gasteiger partial charge < -0.3 is 26.6 Å². The Bertz CT molecular complexity index is 831. The van der Waals surface area contributed by atoms with E-state index in [0.29, 0.717) is 38.8 Å². The molecule has 1 aliphatic heterocycles. The summed E-state index contributed by atoms with van der Waals surface area (Å²) in [5.41, 5.74) is 5.98. The third kappa shape index (κ3) is 20.0. The number of likely N-dealkylation sites (tertiary alicyclic amines) is 1. The number of carbonyl (C=O) groups is 4. The molecule has 1 fully saturated rings. The summed E-state index contributed by atoms with van der Waals surface area (Å²) in [5, 5.41) is 18.0. The number of rotatable bonds is 26. The van der Waals surface area contributed by atoms with Gasteiger partial charge in [0.15, 0.2) is 0 Å². The summed E-state index contributed by atoms with van der Waals surface area (Å²) in [4.78, 5) is 49.6. The SMILES string of the molecule is CCCNC(=O)CCCCCCCCCNC(=O)CCCCCCCCCNC(=O)CC[C@H](N)C(=O)N1CCC[C@H]1C#N. The van der Waals surface area contributed by atoms with Crippen LogP contribution in [0.25, 0.3) is 0 Å². The molecule has 1 rings (SSSR count). The molecule has 10 nitrogen and oxygen atoms in total. The van der Waals surface area contributed by atoms with Crippen molar-refractivity contribution >= 4 is 23.6 Å². The molecule has 246 valence electrons. The second kappa shape index (κ2) is 25.8. The van der Waals surface area contributed by atoms with Crippen molar-refractivity contribution in [3.63, 3.8) is 0 Å². The number of nitrogens with two attached hydrogens (primary N) is 1. The van der Waals surface area contributed by atoms with Gasteiger partial charge in [-0.25, -0.2) is 0 Å². The van der Waals surface area contributed by atoms with E-state index in [0.717, 1.165) is 96.6 Å². The number of amides is 4. The van der Waals surface area contributed by atoms with Gasteiger partial charge in [0, 0.05) is 45.4 Å². The highest BCUT2D eigenvalue weighted by Gasteiger charge is 2.31. The lowest BCUT2D eigenvalue weighted by molar-refractivity contribution is -0.133. The highest BCUT2D eigenvalue weighted by Crippen LogP contribution is 2.18. The molecule has 2 atom stereocenters. The molecule has 0 aromatic heterocycles. The van der Waals surface area contributed by atoms with E-state index in [4.69, 9.17) is 11.0 Å². The van der Waals surface area contributed by atoms with Gasteiger partial charge in [0.25, 0.3) is 0 Å². The van der Waals surface area contributed by atoms with Crippen molar-refractivity contribution in [3.8, 4) is 6.07 Å². The number of nitrogens with zero attached hydrogens (tertiary/aromatic N) is 2. The molecule has 0 aromatic carbocycles. The quantitative estimate of drug-likeness (QED) is 0.106. The summed E-state index contributed by atoms with van der Waals surface area (Å²) < 4.78 is 0. The van der Waals surface area contributed by atoms with E-state index in [-0.39, 0.29) is 36.1 Å². The Balaban J connectivity index is 1.84. The topological polar surface area (TPSA) is 157 Å². The fraction of sp³-hybridized carbons (Fsp3) is 0.848. The first-order valence-corrected chi connectivity index (χ1v) is 17.1. The molecule has 0 aromatic rings. The monoisotopic (exact) mass is 604 g/mol. The van der Waals surface area contributed by atoms with Crippen LogP contribution in [0, 0.1) is 11.3 Å². The smallest absolute Gasteiger partial charge is 0.240 e. The van der Waals surface area contributed by atoms with Gasteiger partial charge in [-0.15, -0.1) is 0 Å². The molecule has 0 saturated carbocycles. The molecule has 43 heavy (non-hydrogen) atoms. The minimum Gasteiger partial charge on any atom is -0.356 e. The van der Waals surface area contributed by atoms with E-state index in [1.165, 1.54) is 19.3 Å². The Labute approximate surface area is 260 Å². The molecule has 4 amide bonds. The Hall–Kier alpha value is -2.67. The Kier molecular flexibility index (Phi) is 23.0. The Morgan fingerprint density at radius 3 is 1.65 bits per heavy atom. The van der Waals surface area contributed by atoms with Gasteiger partial charge in [0.05, 0.1) is 12.1 Å². The van der Waals surface area contributed by atoms with Crippen LogP contribution in [0.2, 0.25) is 0 Å². The predicted octanol–water partition coefficient (Wildman–Crippen LogP) is 4.61. The molecule has 0 unspecified atom stereocenters. The first-order valence-electron chi connectivity index (χ1n) is 17.1. The summed E-state index contributed by atoms with van der Waals surface area (Å²) in [6, 6.07) is 1.02. The standard InChI is InChI=1S/C33H60N6O4/c1-2-23-36-30(40)19-13-9-5-3-7-11-15-24-37-31(41)20-14-10-6-4-8-12-16-25-38-32(42)22-21-29(35)33(43)39-26-17-18-28(39)27-34/h28-29H,2-26,35H2,1H3,(H,36,40)(H,37,41)(H,38,42)/t28-,29-/m0/s1. The van der Waals surface area contributed by atoms with E-state index in [1.54, 1.807) is 4.90 Å². The average Bonchev–Trinajstić information content (AvgIpc) is 3.49. The number of nitriles is 1. The highest BCUT2D eigenvalue weighted by molar-refractivity contribution is 5.83. The van der Waals surface area contributed by atoms with Crippen LogP contribution < -0.4 is 21.7 Å². The van der Waals surface area contributed by atoms with Crippen LogP contribution in [0.5, 0.6) is 0 Å². The van der Waals surface area contributed by atoms with Crippen LogP contribution >= 0.6 is 0 Å². The second-order valence-electron chi connectivity index (χ2n) is 12.0. The summed E-state index contributed by atoms with van der Waals surface area (Å²) in [6.45, 7) is 4.80. The molecule has 1 saturated heterocycles. The van der Waals surface area contributed by atoms with E-state index in [9.17, 15) is 19.2 Å². The van der Waals surface area contributed by atoms with E-state index >= 15 is 0 Å². The van der Waals surface area contributed by atoms with E-state index in [1.807, 2.05) is 0 Å². The maximum atomic E-state index is 12.4. The minimum absolute atomic E-state index is 0.0867. The van der Waals surface area contributed by atoms with Crippen LogP contribution in [0.3, 0.4) is 0 Å². The van der Waals surface area contributed by atoms with Gasteiger partial charge in [-0.3, -0.25) is 19.2 Å². The van der Waals surface area contributed by atoms with Crippen molar-refractivity contribution in [2.75, 3.05) is 26.2 Å². The lowest BCUT2D eigenvalue weighted by Crippen LogP contribution is -2.46. The van der Waals surface area contributed by atoms with Crippen LogP contribution in [-0.2, 0) is 19.2 Å². The fourth-order valence-corrected chi connectivity index (χ4v) is 5.36. The van der Waals surface area contributed by atoms with Crippen molar-refractivity contribution in [2.24, 2.45) is 5.73 Å². The molecule has 0 bridgehead atoms. The molecule has 0 spiro atoms. The lowest BCUT2D eigenvalue weighted by Gasteiger charge is -2.23. The van der Waals surface area contributed by atoms with Gasteiger partial charge in [0.1, 0.15) is 6.04 Å². The number of nitrogens with one attached hydrogen (secondary N) is 3. The Morgan fingerprint density at radius 2 is 1.16 bits per heavy atom. The summed E-state index contributed by atoms with van der Waals surface area (Å²) in [7, 11) is 0. The normalized spacial score (nSPS) is 15.1. The third-order valence-corrected chi connectivity index (χ3v) is 8.06. The van der Waals surface area contributed by atoms with Crippen molar-refractivity contribution in [2.45, 2.75) is 154 Å². The highest BCUT2D eigenvalue weighted by atomic mass is 16.2. The molecule has 1 aliphatic rings. The number of hydrogen-bond donors (Lipinski definition) is 4. The zero-order valence-electron chi connectivity index (χ0n) is 26.9. The van der Waals surface area contributed by atoms with Gasteiger partial charge in [-0.1, -0.05) is 71.1 Å². The zero-order valence-corrected chi connectivity index (χ0v) is 26.9. The lowest BCUT2D eigenvalue weighted by atomic mass is 10.1. The first-order chi connectivity index (χ1) is 20.9. The van der Waals surface area contributed by atoms with Crippen LogP contribution in [0.15, 0.2) is 0 Å². The molecule has 1 heterocycles. The molecule has 10 heteroatoms. The fourth-order valence-electron chi connectivity index (χ4n) is 5.36. The van der Waals surface area contributed by atoms with Crippen molar-refractivity contribution in [1.29, 1.82) is 5.26 Å². The molecular formula is C33H60N6O4. The third-order valence-electron chi connectivity index (χ3n) is 8.06. The Morgan fingerprint density at radius 1 is 0.721 bits per heavy atom.